The molecule has 0 amide bonds. The van der Waals surface area contributed by atoms with E-state index in [-0.39, 0.29) is 18.1 Å². The lowest BCUT2D eigenvalue weighted by molar-refractivity contribution is -0.384. The number of anilines is 1. The SMILES string of the molecule is COCc1cc([N+](=O)[O-])ccc1NCCc1nc2ccc(F)cc2[nH]1. The van der Waals surface area contributed by atoms with E-state index in [1.807, 2.05) is 0 Å². The number of aromatic nitrogens is 2. The minimum atomic E-state index is -0.434. The molecule has 7 nitrogen and oxygen atoms in total. The van der Waals surface area contributed by atoms with Gasteiger partial charge in [-0.2, -0.15) is 0 Å². The molecule has 0 spiro atoms. The van der Waals surface area contributed by atoms with E-state index in [2.05, 4.69) is 15.3 Å². The van der Waals surface area contributed by atoms with Crippen LogP contribution in [0.4, 0.5) is 15.8 Å². The van der Waals surface area contributed by atoms with E-state index in [4.69, 9.17) is 4.74 Å². The minimum absolute atomic E-state index is 0.0249. The molecule has 0 unspecified atom stereocenters. The van der Waals surface area contributed by atoms with Crippen LogP contribution >= 0.6 is 0 Å². The number of nitrogens with one attached hydrogen (secondary N) is 2. The van der Waals surface area contributed by atoms with E-state index in [1.54, 1.807) is 12.1 Å². The predicted molar refractivity (Wildman–Crippen MR) is 92.1 cm³/mol. The molecular weight excluding hydrogens is 327 g/mol. The zero-order valence-electron chi connectivity index (χ0n) is 13.6. The van der Waals surface area contributed by atoms with Gasteiger partial charge in [-0.25, -0.2) is 9.37 Å². The number of non-ortho nitro benzene ring substituents is 1. The van der Waals surface area contributed by atoms with E-state index in [1.165, 1.54) is 31.4 Å². The summed E-state index contributed by atoms with van der Waals surface area (Å²) in [6.07, 6.45) is 0.597. The number of fused-ring (bicyclic) bond motifs is 1. The third-order valence-corrected chi connectivity index (χ3v) is 3.77. The van der Waals surface area contributed by atoms with E-state index in [9.17, 15) is 14.5 Å². The van der Waals surface area contributed by atoms with Gasteiger partial charge in [0, 0.05) is 43.5 Å². The van der Waals surface area contributed by atoms with E-state index in [0.717, 1.165) is 11.5 Å². The standard InChI is InChI=1S/C17H17FN4O3/c1-25-10-11-8-13(22(23)24)3-5-14(11)19-7-6-17-20-15-4-2-12(18)9-16(15)21-17/h2-5,8-9,19H,6-7,10H2,1H3,(H,20,21). The highest BCUT2D eigenvalue weighted by Gasteiger charge is 2.11. The molecule has 0 aliphatic carbocycles. The fourth-order valence-electron chi connectivity index (χ4n) is 2.61. The Kier molecular flexibility index (Phi) is 4.90. The lowest BCUT2D eigenvalue weighted by Gasteiger charge is -2.11. The number of H-pyrrole nitrogens is 1. The van der Waals surface area contributed by atoms with Crippen molar-refractivity contribution in [3.8, 4) is 0 Å². The quantitative estimate of drug-likeness (QED) is 0.506. The highest BCUT2D eigenvalue weighted by Crippen LogP contribution is 2.23. The van der Waals surface area contributed by atoms with Gasteiger partial charge >= 0.3 is 0 Å². The van der Waals surface area contributed by atoms with Crippen LogP contribution in [0.1, 0.15) is 11.4 Å². The number of imidazole rings is 1. The lowest BCUT2D eigenvalue weighted by atomic mass is 10.1. The van der Waals surface area contributed by atoms with Crippen molar-refractivity contribution < 1.29 is 14.1 Å². The number of methoxy groups -OCH3 is 1. The van der Waals surface area contributed by atoms with Gasteiger partial charge in [0.2, 0.25) is 0 Å². The number of nitro groups is 1. The van der Waals surface area contributed by atoms with Crippen molar-refractivity contribution in [3.63, 3.8) is 0 Å². The molecular formula is C17H17FN4O3. The van der Waals surface area contributed by atoms with Gasteiger partial charge < -0.3 is 15.0 Å². The Morgan fingerprint density at radius 3 is 2.92 bits per heavy atom. The number of rotatable bonds is 7. The van der Waals surface area contributed by atoms with Crippen LogP contribution in [0.5, 0.6) is 0 Å². The fourth-order valence-corrected chi connectivity index (χ4v) is 2.61. The Hall–Kier alpha value is -3.00. The van der Waals surface area contributed by atoms with Crippen molar-refractivity contribution in [2.24, 2.45) is 0 Å². The smallest absolute Gasteiger partial charge is 0.269 e. The van der Waals surface area contributed by atoms with Crippen molar-refractivity contribution in [2.45, 2.75) is 13.0 Å². The van der Waals surface area contributed by atoms with Crippen LogP contribution in [0.3, 0.4) is 0 Å². The number of hydrogen-bond acceptors (Lipinski definition) is 5. The van der Waals surface area contributed by atoms with Gasteiger partial charge in [0.15, 0.2) is 0 Å². The first-order chi connectivity index (χ1) is 12.1. The molecule has 0 atom stereocenters. The average molecular weight is 344 g/mol. The second-order valence-corrected chi connectivity index (χ2v) is 5.55. The molecule has 0 saturated carbocycles. The first kappa shape index (κ1) is 16.8. The van der Waals surface area contributed by atoms with Gasteiger partial charge in [0.1, 0.15) is 11.6 Å². The van der Waals surface area contributed by atoms with E-state index < -0.39 is 4.92 Å². The molecule has 0 saturated heterocycles. The Labute approximate surface area is 143 Å². The lowest BCUT2D eigenvalue weighted by Crippen LogP contribution is -2.08. The molecule has 0 radical (unpaired) electrons. The Bertz CT molecular complexity index is 910. The molecule has 1 heterocycles. The molecule has 3 rings (SSSR count). The van der Waals surface area contributed by atoms with Gasteiger partial charge in [-0.15, -0.1) is 0 Å². The van der Waals surface area contributed by atoms with Crippen LogP contribution in [0.2, 0.25) is 0 Å². The summed E-state index contributed by atoms with van der Waals surface area (Å²) < 4.78 is 18.3. The maximum atomic E-state index is 13.2. The minimum Gasteiger partial charge on any atom is -0.384 e. The van der Waals surface area contributed by atoms with Crippen molar-refractivity contribution >= 4 is 22.4 Å². The van der Waals surface area contributed by atoms with Crippen molar-refractivity contribution in [2.75, 3.05) is 19.0 Å². The first-order valence-corrected chi connectivity index (χ1v) is 7.71. The molecule has 3 aromatic rings. The summed E-state index contributed by atoms with van der Waals surface area (Å²) in [5.74, 6) is 0.430. The first-order valence-electron chi connectivity index (χ1n) is 7.71. The van der Waals surface area contributed by atoms with Crippen molar-refractivity contribution in [3.05, 3.63) is 63.7 Å². The maximum Gasteiger partial charge on any atom is 0.269 e. The number of hydrogen-bond donors (Lipinski definition) is 2. The number of nitrogens with zero attached hydrogens (tertiary/aromatic N) is 2. The fraction of sp³-hybridized carbons (Fsp3) is 0.235. The molecule has 2 N–H and O–H groups in total. The normalized spacial score (nSPS) is 11.0. The molecule has 25 heavy (non-hydrogen) atoms. The summed E-state index contributed by atoms with van der Waals surface area (Å²) in [5.41, 5.74) is 2.88. The second kappa shape index (κ2) is 7.27. The van der Waals surface area contributed by atoms with Crippen LogP contribution in [-0.2, 0) is 17.8 Å². The highest BCUT2D eigenvalue weighted by atomic mass is 19.1. The van der Waals surface area contributed by atoms with Gasteiger partial charge in [-0.3, -0.25) is 10.1 Å². The van der Waals surface area contributed by atoms with Gasteiger partial charge in [0.25, 0.3) is 5.69 Å². The molecule has 130 valence electrons. The van der Waals surface area contributed by atoms with Gasteiger partial charge in [-0.05, 0) is 24.3 Å². The second-order valence-electron chi connectivity index (χ2n) is 5.55. The third-order valence-electron chi connectivity index (χ3n) is 3.77. The van der Waals surface area contributed by atoms with Crippen LogP contribution in [0, 0.1) is 15.9 Å². The summed E-state index contributed by atoms with van der Waals surface area (Å²) >= 11 is 0. The summed E-state index contributed by atoms with van der Waals surface area (Å²) in [6.45, 7) is 0.838. The van der Waals surface area contributed by atoms with Gasteiger partial charge in [-0.1, -0.05) is 0 Å². The Balaban J connectivity index is 1.68. The summed E-state index contributed by atoms with van der Waals surface area (Å²) in [5, 5.41) is 14.1. The average Bonchev–Trinajstić information content (AvgIpc) is 2.98. The van der Waals surface area contributed by atoms with E-state index in [0.29, 0.717) is 29.6 Å². The number of benzene rings is 2. The van der Waals surface area contributed by atoms with Crippen LogP contribution in [0.15, 0.2) is 36.4 Å². The van der Waals surface area contributed by atoms with Crippen LogP contribution in [-0.4, -0.2) is 28.5 Å². The van der Waals surface area contributed by atoms with Crippen molar-refractivity contribution in [1.82, 2.24) is 9.97 Å². The number of aromatic amines is 1. The summed E-state index contributed by atoms with van der Waals surface area (Å²) in [7, 11) is 1.54. The topological polar surface area (TPSA) is 93.1 Å². The summed E-state index contributed by atoms with van der Waals surface area (Å²) in [6, 6.07) is 9.03. The van der Waals surface area contributed by atoms with E-state index >= 15 is 0 Å². The molecule has 8 heteroatoms. The van der Waals surface area contributed by atoms with Crippen LogP contribution in [0.25, 0.3) is 11.0 Å². The number of halogens is 1. The number of ether oxygens (including phenoxy) is 1. The predicted octanol–water partition coefficient (Wildman–Crippen LogP) is 3.41. The molecule has 1 aromatic heterocycles. The molecule has 0 aliphatic heterocycles. The molecule has 2 aromatic carbocycles. The largest absolute Gasteiger partial charge is 0.384 e. The van der Waals surface area contributed by atoms with Gasteiger partial charge in [0.05, 0.1) is 22.6 Å². The molecule has 0 aliphatic rings. The monoisotopic (exact) mass is 344 g/mol. The molecule has 0 bridgehead atoms. The Morgan fingerprint density at radius 1 is 1.32 bits per heavy atom. The zero-order chi connectivity index (χ0) is 17.8. The third kappa shape index (κ3) is 3.92. The van der Waals surface area contributed by atoms with Crippen LogP contribution < -0.4 is 5.32 Å². The summed E-state index contributed by atoms with van der Waals surface area (Å²) in [4.78, 5) is 17.9. The number of nitro benzene ring substituents is 1. The molecule has 0 fully saturated rings. The highest BCUT2D eigenvalue weighted by molar-refractivity contribution is 5.74. The van der Waals surface area contributed by atoms with Crippen molar-refractivity contribution in [1.29, 1.82) is 0 Å². The maximum absolute atomic E-state index is 13.2. The Morgan fingerprint density at radius 2 is 2.16 bits per heavy atom. The zero-order valence-corrected chi connectivity index (χ0v) is 13.6.